The van der Waals surface area contributed by atoms with Crippen LogP contribution in [0.2, 0.25) is 0 Å². The van der Waals surface area contributed by atoms with Gasteiger partial charge in [-0.05, 0) is 31.2 Å². The minimum absolute atomic E-state index is 0.163. The van der Waals surface area contributed by atoms with Crippen molar-refractivity contribution >= 4 is 11.6 Å². The third-order valence-corrected chi connectivity index (χ3v) is 2.25. The summed E-state index contributed by atoms with van der Waals surface area (Å²) in [6.45, 7) is 1.67. The van der Waals surface area contributed by atoms with E-state index in [9.17, 15) is 9.18 Å². The molecule has 15 heavy (non-hydrogen) atoms. The molecule has 1 amide bonds. The lowest BCUT2D eigenvalue weighted by atomic mass is 10.2. The van der Waals surface area contributed by atoms with Crippen molar-refractivity contribution in [2.45, 2.75) is 13.0 Å². The average molecular weight is 211 g/mol. The van der Waals surface area contributed by atoms with Gasteiger partial charge in [0.05, 0.1) is 0 Å². The Hall–Kier alpha value is -1.42. The standard InChI is InChI=1S/C11H14FNO2/c1-8(15-3)11(14)13(2)10-6-4-9(12)5-7-10/h4-8H,1-3H3. The number of hydrogen-bond donors (Lipinski definition) is 0. The molecule has 1 rings (SSSR count). The molecule has 0 aromatic heterocycles. The van der Waals surface area contributed by atoms with Crippen LogP contribution in [0.4, 0.5) is 10.1 Å². The molecule has 0 saturated carbocycles. The summed E-state index contributed by atoms with van der Waals surface area (Å²) in [4.78, 5) is 13.1. The van der Waals surface area contributed by atoms with Crippen molar-refractivity contribution in [2.24, 2.45) is 0 Å². The maximum atomic E-state index is 12.6. The Morgan fingerprint density at radius 1 is 1.40 bits per heavy atom. The number of benzene rings is 1. The summed E-state index contributed by atoms with van der Waals surface area (Å²) >= 11 is 0. The van der Waals surface area contributed by atoms with E-state index in [0.717, 1.165) is 0 Å². The Kier molecular flexibility index (Phi) is 3.80. The average Bonchev–Trinajstić information content (AvgIpc) is 2.27. The lowest BCUT2D eigenvalue weighted by Gasteiger charge is -2.20. The third kappa shape index (κ3) is 2.76. The predicted molar refractivity (Wildman–Crippen MR) is 56.3 cm³/mol. The van der Waals surface area contributed by atoms with Gasteiger partial charge in [0, 0.05) is 19.8 Å². The summed E-state index contributed by atoms with van der Waals surface area (Å²) in [7, 11) is 3.10. The minimum Gasteiger partial charge on any atom is -0.372 e. The van der Waals surface area contributed by atoms with Gasteiger partial charge in [0.15, 0.2) is 0 Å². The zero-order chi connectivity index (χ0) is 11.4. The second-order valence-corrected chi connectivity index (χ2v) is 3.25. The Labute approximate surface area is 88.5 Å². The Morgan fingerprint density at radius 3 is 2.40 bits per heavy atom. The van der Waals surface area contributed by atoms with E-state index in [1.807, 2.05) is 0 Å². The maximum absolute atomic E-state index is 12.6. The number of halogens is 1. The maximum Gasteiger partial charge on any atom is 0.255 e. The molecule has 1 aromatic rings. The van der Waals surface area contributed by atoms with Crippen molar-refractivity contribution in [1.29, 1.82) is 0 Å². The van der Waals surface area contributed by atoms with Gasteiger partial charge in [0.1, 0.15) is 11.9 Å². The number of methoxy groups -OCH3 is 1. The molecular weight excluding hydrogens is 197 g/mol. The van der Waals surface area contributed by atoms with Crippen LogP contribution in [0.5, 0.6) is 0 Å². The molecule has 0 N–H and O–H groups in total. The third-order valence-electron chi connectivity index (χ3n) is 2.25. The minimum atomic E-state index is -0.500. The van der Waals surface area contributed by atoms with Crippen molar-refractivity contribution in [2.75, 3.05) is 19.1 Å². The fourth-order valence-electron chi connectivity index (χ4n) is 1.17. The second kappa shape index (κ2) is 4.89. The van der Waals surface area contributed by atoms with Crippen LogP contribution in [0.3, 0.4) is 0 Å². The summed E-state index contributed by atoms with van der Waals surface area (Å²) in [5, 5.41) is 0. The van der Waals surface area contributed by atoms with E-state index in [2.05, 4.69) is 0 Å². The van der Waals surface area contributed by atoms with Crippen molar-refractivity contribution < 1.29 is 13.9 Å². The summed E-state index contributed by atoms with van der Waals surface area (Å²) in [5.41, 5.74) is 0.644. The normalized spacial score (nSPS) is 12.3. The van der Waals surface area contributed by atoms with Crippen LogP contribution in [-0.2, 0) is 9.53 Å². The fraction of sp³-hybridized carbons (Fsp3) is 0.364. The molecule has 0 saturated heterocycles. The highest BCUT2D eigenvalue weighted by molar-refractivity contribution is 5.95. The number of hydrogen-bond acceptors (Lipinski definition) is 2. The van der Waals surface area contributed by atoms with E-state index in [1.165, 1.54) is 24.1 Å². The molecule has 4 heteroatoms. The first kappa shape index (κ1) is 11.7. The van der Waals surface area contributed by atoms with E-state index in [4.69, 9.17) is 4.74 Å². The molecule has 1 unspecified atom stereocenters. The molecule has 0 fully saturated rings. The Morgan fingerprint density at radius 2 is 1.93 bits per heavy atom. The zero-order valence-corrected chi connectivity index (χ0v) is 9.03. The number of likely N-dealkylation sites (N-methyl/N-ethyl adjacent to an activating group) is 1. The van der Waals surface area contributed by atoms with Crippen LogP contribution in [0, 0.1) is 5.82 Å². The largest absolute Gasteiger partial charge is 0.372 e. The summed E-state index contributed by atoms with van der Waals surface area (Å²) in [6, 6.07) is 5.73. The number of carbonyl (C=O) groups is 1. The Bertz CT molecular complexity index is 337. The molecule has 0 spiro atoms. The van der Waals surface area contributed by atoms with Crippen LogP contribution in [-0.4, -0.2) is 26.2 Å². The topological polar surface area (TPSA) is 29.5 Å². The number of anilines is 1. The summed E-state index contributed by atoms with van der Waals surface area (Å²) in [5.74, 6) is -0.483. The number of carbonyl (C=O) groups excluding carboxylic acids is 1. The first-order valence-corrected chi connectivity index (χ1v) is 4.62. The summed E-state index contributed by atoms with van der Waals surface area (Å²) < 4.78 is 17.6. The summed E-state index contributed by atoms with van der Waals surface area (Å²) in [6.07, 6.45) is -0.500. The lowest BCUT2D eigenvalue weighted by Crippen LogP contribution is -2.35. The molecule has 3 nitrogen and oxygen atoms in total. The predicted octanol–water partition coefficient (Wildman–Crippen LogP) is 1.82. The van der Waals surface area contributed by atoms with E-state index in [-0.39, 0.29) is 11.7 Å². The van der Waals surface area contributed by atoms with Gasteiger partial charge < -0.3 is 9.64 Å². The van der Waals surface area contributed by atoms with Crippen molar-refractivity contribution in [3.8, 4) is 0 Å². The van der Waals surface area contributed by atoms with Crippen LogP contribution >= 0.6 is 0 Å². The molecule has 82 valence electrons. The van der Waals surface area contributed by atoms with Gasteiger partial charge in [0.25, 0.3) is 5.91 Å². The molecule has 0 aliphatic carbocycles. The molecule has 1 aromatic carbocycles. The van der Waals surface area contributed by atoms with Crippen LogP contribution < -0.4 is 4.90 Å². The molecule has 1 atom stereocenters. The van der Waals surface area contributed by atoms with Gasteiger partial charge in [-0.25, -0.2) is 4.39 Å². The quantitative estimate of drug-likeness (QED) is 0.763. The molecule has 0 bridgehead atoms. The van der Waals surface area contributed by atoms with E-state index in [1.54, 1.807) is 26.1 Å². The molecule has 0 heterocycles. The first-order chi connectivity index (χ1) is 7.06. The molecule has 0 aliphatic rings. The van der Waals surface area contributed by atoms with Crippen molar-refractivity contribution in [3.63, 3.8) is 0 Å². The second-order valence-electron chi connectivity index (χ2n) is 3.25. The van der Waals surface area contributed by atoms with E-state index >= 15 is 0 Å². The Balaban J connectivity index is 2.80. The van der Waals surface area contributed by atoms with Crippen molar-refractivity contribution in [1.82, 2.24) is 0 Å². The number of amides is 1. The van der Waals surface area contributed by atoms with Crippen LogP contribution in [0.15, 0.2) is 24.3 Å². The van der Waals surface area contributed by atoms with Crippen molar-refractivity contribution in [3.05, 3.63) is 30.1 Å². The lowest BCUT2D eigenvalue weighted by molar-refractivity contribution is -0.127. The number of nitrogens with zero attached hydrogens (tertiary/aromatic N) is 1. The number of rotatable bonds is 3. The smallest absolute Gasteiger partial charge is 0.255 e. The molecular formula is C11H14FNO2. The van der Waals surface area contributed by atoms with Gasteiger partial charge in [-0.3, -0.25) is 4.79 Å². The van der Waals surface area contributed by atoms with E-state index < -0.39 is 6.10 Å². The fourth-order valence-corrected chi connectivity index (χ4v) is 1.17. The highest BCUT2D eigenvalue weighted by Gasteiger charge is 2.17. The van der Waals surface area contributed by atoms with Gasteiger partial charge in [-0.15, -0.1) is 0 Å². The van der Waals surface area contributed by atoms with Crippen LogP contribution in [0.1, 0.15) is 6.92 Å². The molecule has 0 aliphatic heterocycles. The molecule has 0 radical (unpaired) electrons. The van der Waals surface area contributed by atoms with Gasteiger partial charge in [-0.2, -0.15) is 0 Å². The van der Waals surface area contributed by atoms with E-state index in [0.29, 0.717) is 5.69 Å². The first-order valence-electron chi connectivity index (χ1n) is 4.62. The van der Waals surface area contributed by atoms with Crippen LogP contribution in [0.25, 0.3) is 0 Å². The van der Waals surface area contributed by atoms with Gasteiger partial charge >= 0.3 is 0 Å². The van der Waals surface area contributed by atoms with Gasteiger partial charge in [-0.1, -0.05) is 0 Å². The highest BCUT2D eigenvalue weighted by Crippen LogP contribution is 2.14. The monoisotopic (exact) mass is 211 g/mol. The zero-order valence-electron chi connectivity index (χ0n) is 9.03. The van der Waals surface area contributed by atoms with Gasteiger partial charge in [0.2, 0.25) is 0 Å². The SMILES string of the molecule is COC(C)C(=O)N(C)c1ccc(F)cc1. The number of ether oxygens (including phenoxy) is 1. The highest BCUT2D eigenvalue weighted by atomic mass is 19.1.